The summed E-state index contributed by atoms with van der Waals surface area (Å²) in [4.78, 5) is 21.9. The van der Waals surface area contributed by atoms with E-state index in [9.17, 15) is 18.4 Å². The monoisotopic (exact) mass is 268 g/mol. The third kappa shape index (κ3) is 3.78. The minimum atomic E-state index is -1.11. The first-order valence-corrected chi connectivity index (χ1v) is 5.12. The van der Waals surface area contributed by atoms with Crippen LogP contribution in [-0.4, -0.2) is 26.2 Å². The van der Waals surface area contributed by atoms with Gasteiger partial charge in [-0.15, -0.1) is 0 Å². The molecule has 4 nitrogen and oxygen atoms in total. The van der Waals surface area contributed by atoms with Crippen molar-refractivity contribution in [3.8, 4) is 11.8 Å². The minimum Gasteiger partial charge on any atom is -0.468 e. The number of carbonyl (C=O) groups is 2. The molecule has 0 saturated carbocycles. The van der Waals surface area contributed by atoms with Crippen LogP contribution in [0.3, 0.4) is 0 Å². The van der Waals surface area contributed by atoms with Gasteiger partial charge in [0.1, 0.15) is 23.6 Å². The summed E-state index contributed by atoms with van der Waals surface area (Å²) in [5.74, 6) is 0.975. The molecule has 0 heterocycles. The van der Waals surface area contributed by atoms with Crippen molar-refractivity contribution in [1.29, 1.82) is 0 Å². The van der Waals surface area contributed by atoms with Crippen molar-refractivity contribution in [1.82, 2.24) is 0 Å². The average Bonchev–Trinajstić information content (AvgIpc) is 2.37. The zero-order valence-electron chi connectivity index (χ0n) is 10.3. The number of carbonyl (C=O) groups excluding carboxylic acids is 2. The van der Waals surface area contributed by atoms with Crippen molar-refractivity contribution in [3.05, 3.63) is 34.9 Å². The maximum absolute atomic E-state index is 13.5. The van der Waals surface area contributed by atoms with E-state index in [1.807, 2.05) is 0 Å². The molecule has 0 aliphatic heterocycles. The van der Waals surface area contributed by atoms with Gasteiger partial charge in [0, 0.05) is 5.56 Å². The molecule has 1 aromatic carbocycles. The average molecular weight is 268 g/mol. The molecule has 0 atom stereocenters. The quantitative estimate of drug-likeness (QED) is 0.604. The number of esters is 2. The Bertz CT molecular complexity index is 547. The molecule has 0 bridgehead atoms. The van der Waals surface area contributed by atoms with Gasteiger partial charge in [-0.3, -0.25) is 4.79 Å². The van der Waals surface area contributed by atoms with Crippen LogP contribution in [0.1, 0.15) is 22.3 Å². The lowest BCUT2D eigenvalue weighted by atomic mass is 10.1. The van der Waals surface area contributed by atoms with Crippen LogP contribution in [0.15, 0.2) is 12.1 Å². The summed E-state index contributed by atoms with van der Waals surface area (Å²) in [6, 6.07) is 1.78. The second-order valence-electron chi connectivity index (χ2n) is 3.36. The first-order chi connectivity index (χ1) is 8.99. The van der Waals surface area contributed by atoms with E-state index < -0.39 is 29.1 Å². The molecule has 0 spiro atoms. The molecule has 6 heteroatoms. The number of benzene rings is 1. The van der Waals surface area contributed by atoms with Crippen LogP contribution < -0.4 is 0 Å². The maximum Gasteiger partial charge on any atom is 0.343 e. The number of ether oxygens (including phenoxy) is 2. The van der Waals surface area contributed by atoms with E-state index in [-0.39, 0.29) is 12.0 Å². The van der Waals surface area contributed by atoms with Crippen molar-refractivity contribution in [2.24, 2.45) is 0 Å². The molecule has 0 amide bonds. The van der Waals surface area contributed by atoms with Gasteiger partial charge in [0.25, 0.3) is 0 Å². The summed E-state index contributed by atoms with van der Waals surface area (Å²) < 4.78 is 35.6. The molecular formula is C13H10F2O4. The van der Waals surface area contributed by atoms with Gasteiger partial charge in [-0.05, 0) is 12.1 Å². The lowest BCUT2D eigenvalue weighted by Crippen LogP contribution is -2.08. The molecule has 1 aromatic rings. The van der Waals surface area contributed by atoms with Crippen molar-refractivity contribution < 1.29 is 27.8 Å². The Morgan fingerprint density at radius 1 is 1.16 bits per heavy atom. The molecule has 100 valence electrons. The highest BCUT2D eigenvalue weighted by atomic mass is 19.1. The summed E-state index contributed by atoms with van der Waals surface area (Å²) in [7, 11) is 2.22. The maximum atomic E-state index is 13.5. The lowest BCUT2D eigenvalue weighted by Gasteiger charge is -2.03. The third-order valence-corrected chi connectivity index (χ3v) is 2.12. The molecule has 0 saturated heterocycles. The lowest BCUT2D eigenvalue weighted by molar-refractivity contribution is -0.139. The molecule has 19 heavy (non-hydrogen) atoms. The van der Waals surface area contributed by atoms with Gasteiger partial charge in [0.2, 0.25) is 0 Å². The molecule has 0 aromatic heterocycles. The van der Waals surface area contributed by atoms with Crippen LogP contribution in [0.2, 0.25) is 0 Å². The van der Waals surface area contributed by atoms with Crippen LogP contribution in [0, 0.1) is 23.5 Å². The molecule has 1 rings (SSSR count). The van der Waals surface area contributed by atoms with Crippen LogP contribution in [0.5, 0.6) is 0 Å². The first kappa shape index (κ1) is 14.6. The van der Waals surface area contributed by atoms with Gasteiger partial charge < -0.3 is 9.47 Å². The third-order valence-electron chi connectivity index (χ3n) is 2.12. The number of hydrogen-bond acceptors (Lipinski definition) is 4. The van der Waals surface area contributed by atoms with Crippen molar-refractivity contribution in [2.75, 3.05) is 14.2 Å². The fourth-order valence-corrected chi connectivity index (χ4v) is 1.23. The summed E-state index contributed by atoms with van der Waals surface area (Å²) in [5, 5.41) is 0. The summed E-state index contributed by atoms with van der Waals surface area (Å²) in [6.45, 7) is 0. The van der Waals surface area contributed by atoms with Crippen LogP contribution in [-0.2, 0) is 14.3 Å². The standard InChI is InChI=1S/C13H10F2O4/c1-18-11(16)5-3-4-8-6-9(14)12(10(15)7-8)13(17)19-2/h6-7H,5H2,1-2H3. The van der Waals surface area contributed by atoms with Gasteiger partial charge in [0.15, 0.2) is 0 Å². The van der Waals surface area contributed by atoms with Crippen molar-refractivity contribution >= 4 is 11.9 Å². The Morgan fingerprint density at radius 2 is 1.74 bits per heavy atom. The predicted octanol–water partition coefficient (Wildman–Crippen LogP) is 1.67. The number of methoxy groups -OCH3 is 2. The number of rotatable bonds is 2. The van der Waals surface area contributed by atoms with Crippen LogP contribution in [0.4, 0.5) is 8.78 Å². The van der Waals surface area contributed by atoms with Crippen LogP contribution >= 0.6 is 0 Å². The molecule has 0 aliphatic carbocycles. The zero-order chi connectivity index (χ0) is 14.4. The highest BCUT2D eigenvalue weighted by molar-refractivity contribution is 5.90. The van der Waals surface area contributed by atoms with E-state index in [0.29, 0.717) is 0 Å². The summed E-state index contributed by atoms with van der Waals surface area (Å²) in [5.41, 5.74) is -0.771. The van der Waals surface area contributed by atoms with Gasteiger partial charge in [-0.1, -0.05) is 11.8 Å². The number of halogens is 2. The molecule has 0 unspecified atom stereocenters. The minimum absolute atomic E-state index is 0.00607. The Kier molecular flexibility index (Phi) is 5.01. The second-order valence-corrected chi connectivity index (χ2v) is 3.36. The normalized spacial score (nSPS) is 9.26. The van der Waals surface area contributed by atoms with E-state index in [0.717, 1.165) is 19.2 Å². The SMILES string of the molecule is COC(=O)CC#Cc1cc(F)c(C(=O)OC)c(F)c1. The first-order valence-electron chi connectivity index (χ1n) is 5.12. The Morgan fingerprint density at radius 3 is 2.21 bits per heavy atom. The van der Waals surface area contributed by atoms with Crippen molar-refractivity contribution in [3.63, 3.8) is 0 Å². The predicted molar refractivity (Wildman–Crippen MR) is 61.2 cm³/mol. The zero-order valence-corrected chi connectivity index (χ0v) is 10.3. The highest BCUT2D eigenvalue weighted by Gasteiger charge is 2.18. The summed E-state index contributed by atoms with van der Waals surface area (Å²) in [6.07, 6.45) is -0.196. The van der Waals surface area contributed by atoms with E-state index in [1.54, 1.807) is 0 Å². The smallest absolute Gasteiger partial charge is 0.343 e. The number of hydrogen-bond donors (Lipinski definition) is 0. The van der Waals surface area contributed by atoms with Crippen molar-refractivity contribution in [2.45, 2.75) is 6.42 Å². The largest absolute Gasteiger partial charge is 0.468 e. The van der Waals surface area contributed by atoms with Gasteiger partial charge in [0.05, 0.1) is 14.2 Å². The van der Waals surface area contributed by atoms with Gasteiger partial charge in [-0.25, -0.2) is 13.6 Å². The van der Waals surface area contributed by atoms with E-state index >= 15 is 0 Å². The topological polar surface area (TPSA) is 52.6 Å². The Hall–Kier alpha value is -2.42. The van der Waals surface area contributed by atoms with E-state index in [2.05, 4.69) is 21.3 Å². The van der Waals surface area contributed by atoms with E-state index in [1.165, 1.54) is 7.11 Å². The molecule has 0 radical (unpaired) electrons. The Labute approximate surface area is 108 Å². The van der Waals surface area contributed by atoms with Gasteiger partial charge >= 0.3 is 11.9 Å². The molecular weight excluding hydrogens is 258 g/mol. The summed E-state index contributed by atoms with van der Waals surface area (Å²) >= 11 is 0. The van der Waals surface area contributed by atoms with E-state index in [4.69, 9.17) is 0 Å². The fourth-order valence-electron chi connectivity index (χ4n) is 1.23. The van der Waals surface area contributed by atoms with Crippen LogP contribution in [0.25, 0.3) is 0 Å². The second kappa shape index (κ2) is 6.50. The van der Waals surface area contributed by atoms with Gasteiger partial charge in [-0.2, -0.15) is 0 Å². The fraction of sp³-hybridized carbons (Fsp3) is 0.231. The molecule has 0 N–H and O–H groups in total. The Balaban J connectivity index is 3.01. The molecule has 0 fully saturated rings. The highest BCUT2D eigenvalue weighted by Crippen LogP contribution is 2.16. The molecule has 0 aliphatic rings.